The number of piperazine rings is 1. The van der Waals surface area contributed by atoms with Crippen LogP contribution in [0, 0.1) is 0 Å². The van der Waals surface area contributed by atoms with Gasteiger partial charge in [0.25, 0.3) is 0 Å². The molecule has 0 aromatic rings. The van der Waals surface area contributed by atoms with E-state index in [4.69, 9.17) is 10.5 Å². The molecule has 0 aliphatic carbocycles. The Morgan fingerprint density at radius 3 is 1.96 bits per heavy atom. The normalized spacial score (nSPS) is 16.2. The summed E-state index contributed by atoms with van der Waals surface area (Å²) in [6.07, 6.45) is -0.317. The molecule has 0 aromatic carbocycles. The SMILES string of the molecule is CC(C)(C)NC(=O)CN=C(N)N1CCN(C(=O)OC(C)(C)C)CC1.I. The van der Waals surface area contributed by atoms with Gasteiger partial charge in [0, 0.05) is 31.7 Å². The Hall–Kier alpha value is -1.26. The summed E-state index contributed by atoms with van der Waals surface area (Å²) in [5, 5.41) is 2.83. The Balaban J connectivity index is 0.00000576. The Morgan fingerprint density at radius 2 is 1.52 bits per heavy atom. The molecule has 1 rings (SSSR count). The number of ether oxygens (including phenoxy) is 1. The zero-order valence-electron chi connectivity index (χ0n) is 16.1. The highest BCUT2D eigenvalue weighted by atomic mass is 127. The van der Waals surface area contributed by atoms with E-state index < -0.39 is 5.60 Å². The van der Waals surface area contributed by atoms with Gasteiger partial charge in [-0.05, 0) is 41.5 Å². The second-order valence-corrected chi connectivity index (χ2v) is 7.93. The number of guanidine groups is 1. The Labute approximate surface area is 167 Å². The molecule has 0 radical (unpaired) electrons. The van der Waals surface area contributed by atoms with E-state index in [9.17, 15) is 9.59 Å². The fourth-order valence-electron chi connectivity index (χ4n) is 2.16. The molecule has 1 aliphatic rings. The molecule has 9 heteroatoms. The van der Waals surface area contributed by atoms with E-state index >= 15 is 0 Å². The lowest BCUT2D eigenvalue weighted by atomic mass is 10.1. The van der Waals surface area contributed by atoms with Crippen LogP contribution in [0.1, 0.15) is 41.5 Å². The molecule has 0 saturated carbocycles. The van der Waals surface area contributed by atoms with Crippen molar-refractivity contribution in [3.8, 4) is 0 Å². The zero-order valence-corrected chi connectivity index (χ0v) is 18.4. The van der Waals surface area contributed by atoms with Crippen molar-refractivity contribution in [2.45, 2.75) is 52.7 Å². The molecule has 1 heterocycles. The summed E-state index contributed by atoms with van der Waals surface area (Å²) in [6.45, 7) is 13.4. The molecule has 25 heavy (non-hydrogen) atoms. The van der Waals surface area contributed by atoms with Crippen molar-refractivity contribution in [3.05, 3.63) is 0 Å². The number of halogens is 1. The first-order valence-corrected chi connectivity index (χ1v) is 8.21. The largest absolute Gasteiger partial charge is 0.444 e. The Bertz CT molecular complexity index is 489. The number of carbonyl (C=O) groups is 2. The first-order chi connectivity index (χ1) is 10.9. The highest BCUT2D eigenvalue weighted by molar-refractivity contribution is 14.0. The topological polar surface area (TPSA) is 100 Å². The monoisotopic (exact) mass is 469 g/mol. The molecule has 146 valence electrons. The number of amides is 2. The van der Waals surface area contributed by atoms with Crippen molar-refractivity contribution in [3.63, 3.8) is 0 Å². The van der Waals surface area contributed by atoms with Crippen molar-refractivity contribution in [1.29, 1.82) is 0 Å². The molecular weight excluding hydrogens is 437 g/mol. The first kappa shape index (κ1) is 23.7. The van der Waals surface area contributed by atoms with Crippen molar-refractivity contribution < 1.29 is 14.3 Å². The van der Waals surface area contributed by atoms with Gasteiger partial charge in [0.05, 0.1) is 0 Å². The highest BCUT2D eigenvalue weighted by Gasteiger charge is 2.26. The minimum atomic E-state index is -0.505. The second-order valence-electron chi connectivity index (χ2n) is 7.93. The van der Waals surface area contributed by atoms with Crippen LogP contribution in [0.3, 0.4) is 0 Å². The average Bonchev–Trinajstić information content (AvgIpc) is 2.41. The van der Waals surface area contributed by atoms with E-state index in [1.807, 2.05) is 46.4 Å². The maximum absolute atomic E-state index is 12.0. The van der Waals surface area contributed by atoms with Crippen LogP contribution in [0.5, 0.6) is 0 Å². The van der Waals surface area contributed by atoms with E-state index in [0.717, 1.165) is 0 Å². The quantitative estimate of drug-likeness (QED) is 0.362. The third-order valence-corrected chi connectivity index (χ3v) is 3.15. The van der Waals surface area contributed by atoms with Gasteiger partial charge in [0.15, 0.2) is 5.96 Å². The van der Waals surface area contributed by atoms with Crippen molar-refractivity contribution >= 4 is 41.9 Å². The van der Waals surface area contributed by atoms with Crippen LogP contribution in [0.25, 0.3) is 0 Å². The van der Waals surface area contributed by atoms with E-state index in [1.165, 1.54) is 0 Å². The van der Waals surface area contributed by atoms with E-state index in [2.05, 4.69) is 10.3 Å². The summed E-state index contributed by atoms with van der Waals surface area (Å²) in [5.41, 5.74) is 5.15. The van der Waals surface area contributed by atoms with Crippen LogP contribution in [-0.4, -0.2) is 71.6 Å². The fourth-order valence-corrected chi connectivity index (χ4v) is 2.16. The summed E-state index contributed by atoms with van der Waals surface area (Å²) in [6, 6.07) is 0. The molecule has 0 aromatic heterocycles. The summed E-state index contributed by atoms with van der Waals surface area (Å²) >= 11 is 0. The van der Waals surface area contributed by atoms with E-state index in [0.29, 0.717) is 32.1 Å². The van der Waals surface area contributed by atoms with Crippen molar-refractivity contribution in [2.75, 3.05) is 32.7 Å². The molecule has 8 nitrogen and oxygen atoms in total. The lowest BCUT2D eigenvalue weighted by molar-refractivity contribution is -0.121. The number of rotatable bonds is 2. The second kappa shape index (κ2) is 9.44. The van der Waals surface area contributed by atoms with Crippen LogP contribution < -0.4 is 11.1 Å². The van der Waals surface area contributed by atoms with Gasteiger partial charge in [-0.15, -0.1) is 24.0 Å². The van der Waals surface area contributed by atoms with Gasteiger partial charge >= 0.3 is 6.09 Å². The predicted molar refractivity (Wildman–Crippen MR) is 109 cm³/mol. The standard InChI is InChI=1S/C16H31N5O3.HI/c1-15(2,3)19-12(22)11-18-13(17)20-7-9-21(10-8-20)14(23)24-16(4,5)6;/h7-11H2,1-6H3,(H2,17,18)(H,19,22);1H. The van der Waals surface area contributed by atoms with Crippen LogP contribution >= 0.6 is 24.0 Å². The molecule has 2 amide bonds. The molecule has 3 N–H and O–H groups in total. The molecule has 1 saturated heterocycles. The van der Waals surface area contributed by atoms with Crippen LogP contribution in [0.2, 0.25) is 0 Å². The highest BCUT2D eigenvalue weighted by Crippen LogP contribution is 2.11. The zero-order chi connectivity index (χ0) is 18.5. The molecule has 0 bridgehead atoms. The first-order valence-electron chi connectivity index (χ1n) is 8.21. The van der Waals surface area contributed by atoms with Gasteiger partial charge in [-0.1, -0.05) is 0 Å². The van der Waals surface area contributed by atoms with Crippen molar-refractivity contribution in [1.82, 2.24) is 15.1 Å². The van der Waals surface area contributed by atoms with E-state index in [1.54, 1.807) is 4.90 Å². The van der Waals surface area contributed by atoms with Gasteiger partial charge in [-0.2, -0.15) is 0 Å². The minimum Gasteiger partial charge on any atom is -0.444 e. The smallest absolute Gasteiger partial charge is 0.410 e. The Kier molecular flexibility index (Phi) is 8.97. The fraction of sp³-hybridized carbons (Fsp3) is 0.812. The predicted octanol–water partition coefficient (Wildman–Crippen LogP) is 1.39. The van der Waals surface area contributed by atoms with Crippen molar-refractivity contribution in [2.24, 2.45) is 10.7 Å². The molecule has 0 unspecified atom stereocenters. The van der Waals surface area contributed by atoms with E-state index in [-0.39, 0.29) is 48.1 Å². The lowest BCUT2D eigenvalue weighted by Crippen LogP contribution is -2.53. The lowest BCUT2D eigenvalue weighted by Gasteiger charge is -2.36. The number of hydrogen-bond donors (Lipinski definition) is 2. The van der Waals surface area contributed by atoms with Crippen LogP contribution in [0.15, 0.2) is 4.99 Å². The summed E-state index contributed by atoms with van der Waals surface area (Å²) < 4.78 is 5.35. The number of nitrogens with zero attached hydrogens (tertiary/aromatic N) is 3. The van der Waals surface area contributed by atoms with Crippen LogP contribution in [-0.2, 0) is 9.53 Å². The number of carbonyl (C=O) groups excluding carboxylic acids is 2. The van der Waals surface area contributed by atoms with Gasteiger partial charge in [0.1, 0.15) is 12.1 Å². The molecule has 0 spiro atoms. The van der Waals surface area contributed by atoms with Gasteiger partial charge in [-0.3, -0.25) is 4.79 Å². The molecule has 0 atom stereocenters. The number of nitrogens with two attached hydrogens (primary N) is 1. The summed E-state index contributed by atoms with van der Waals surface area (Å²) in [7, 11) is 0. The minimum absolute atomic E-state index is 0. The molecule has 1 fully saturated rings. The van der Waals surface area contributed by atoms with Gasteiger partial charge < -0.3 is 25.6 Å². The maximum Gasteiger partial charge on any atom is 0.410 e. The number of hydrogen-bond acceptors (Lipinski definition) is 4. The summed E-state index contributed by atoms with van der Waals surface area (Å²) in [5.74, 6) is 0.153. The summed E-state index contributed by atoms with van der Waals surface area (Å²) in [4.78, 5) is 31.4. The third kappa shape index (κ3) is 9.71. The molecular formula is C16H32IN5O3. The average molecular weight is 469 g/mol. The van der Waals surface area contributed by atoms with Gasteiger partial charge in [0.2, 0.25) is 5.91 Å². The Morgan fingerprint density at radius 1 is 1.04 bits per heavy atom. The van der Waals surface area contributed by atoms with Crippen LogP contribution in [0.4, 0.5) is 4.79 Å². The number of nitrogens with one attached hydrogen (secondary N) is 1. The van der Waals surface area contributed by atoms with Gasteiger partial charge in [-0.25, -0.2) is 9.79 Å². The molecule has 1 aliphatic heterocycles. The maximum atomic E-state index is 12.0. The third-order valence-electron chi connectivity index (χ3n) is 3.15. The number of aliphatic imine (C=N–C) groups is 1.